The maximum absolute atomic E-state index is 12.4. The third-order valence-corrected chi connectivity index (χ3v) is 10.9. The molecule has 0 N–H and O–H groups in total. The van der Waals surface area contributed by atoms with Crippen molar-refractivity contribution in [1.82, 2.24) is 4.90 Å². The van der Waals surface area contributed by atoms with Crippen LogP contribution in [-0.2, 0) is 11.2 Å². The average Bonchev–Trinajstić information content (AvgIpc) is 3.11. The van der Waals surface area contributed by atoms with E-state index in [1.54, 1.807) is 0 Å². The summed E-state index contributed by atoms with van der Waals surface area (Å²) in [5.41, 5.74) is 2.44. The van der Waals surface area contributed by atoms with E-state index in [0.717, 1.165) is 36.5 Å². The first-order valence-electron chi connectivity index (χ1n) is 13.2. The summed E-state index contributed by atoms with van der Waals surface area (Å²) in [4.78, 5) is 14.5. The molecule has 31 heavy (non-hydrogen) atoms. The molecule has 4 aliphatic rings. The van der Waals surface area contributed by atoms with Gasteiger partial charge in [-0.25, -0.2) is 0 Å². The van der Waals surface area contributed by atoms with Crippen LogP contribution in [-0.4, -0.2) is 23.9 Å². The molecule has 170 valence electrons. The Morgan fingerprint density at radius 2 is 1.68 bits per heavy atom. The van der Waals surface area contributed by atoms with E-state index in [-0.39, 0.29) is 0 Å². The van der Waals surface area contributed by atoms with E-state index in [2.05, 4.69) is 56.1 Å². The van der Waals surface area contributed by atoms with Crippen molar-refractivity contribution in [1.29, 1.82) is 0 Å². The summed E-state index contributed by atoms with van der Waals surface area (Å²) in [5, 5.41) is 0. The molecule has 1 aromatic carbocycles. The fourth-order valence-electron chi connectivity index (χ4n) is 9.10. The highest BCUT2D eigenvalue weighted by Gasteiger charge is 2.60. The van der Waals surface area contributed by atoms with Gasteiger partial charge in [0.05, 0.1) is 0 Å². The zero-order chi connectivity index (χ0) is 21.6. The van der Waals surface area contributed by atoms with Crippen molar-refractivity contribution in [3.63, 3.8) is 0 Å². The van der Waals surface area contributed by atoms with Crippen LogP contribution in [0.3, 0.4) is 0 Å². The molecule has 0 bridgehead atoms. The number of likely N-dealkylation sites (tertiary alicyclic amines) is 1. The average molecular weight is 422 g/mol. The van der Waals surface area contributed by atoms with Crippen molar-refractivity contribution in [3.05, 3.63) is 35.9 Å². The van der Waals surface area contributed by atoms with Crippen LogP contribution < -0.4 is 0 Å². The maximum atomic E-state index is 12.4. The number of hydrogen-bond donors (Lipinski definition) is 0. The van der Waals surface area contributed by atoms with Gasteiger partial charge in [-0.15, -0.1) is 0 Å². The Bertz CT molecular complexity index is 789. The van der Waals surface area contributed by atoms with Crippen LogP contribution in [0.1, 0.15) is 90.0 Å². The highest BCUT2D eigenvalue weighted by molar-refractivity contribution is 5.77. The number of unbranched alkanes of at least 4 members (excludes halogenated alkanes) is 1. The van der Waals surface area contributed by atoms with Gasteiger partial charge in [0.25, 0.3) is 0 Å². The molecule has 3 saturated carbocycles. The molecule has 1 aromatic rings. The quantitative estimate of drug-likeness (QED) is 0.475. The molecule has 0 spiro atoms. The summed E-state index contributed by atoms with van der Waals surface area (Å²) < 4.78 is 0. The molecule has 4 fully saturated rings. The highest BCUT2D eigenvalue weighted by Crippen LogP contribution is 2.66. The number of hydrogen-bond acceptors (Lipinski definition) is 1. The number of aryl methyl sites for hydroxylation is 1. The summed E-state index contributed by atoms with van der Waals surface area (Å²) in [6, 6.07) is 11.5. The predicted molar refractivity (Wildman–Crippen MR) is 128 cm³/mol. The van der Waals surface area contributed by atoms with E-state index < -0.39 is 0 Å². The van der Waals surface area contributed by atoms with Crippen LogP contribution in [0.2, 0.25) is 0 Å². The molecular formula is C29H43NO. The summed E-state index contributed by atoms with van der Waals surface area (Å²) in [6.45, 7) is 5.23. The minimum atomic E-state index is 0.362. The van der Waals surface area contributed by atoms with Crippen LogP contribution >= 0.6 is 0 Å². The summed E-state index contributed by atoms with van der Waals surface area (Å²) in [5.74, 6) is 4.02. The van der Waals surface area contributed by atoms with Crippen molar-refractivity contribution >= 4 is 5.91 Å². The Labute approximate surface area is 190 Å². The van der Waals surface area contributed by atoms with Gasteiger partial charge in [-0.1, -0.05) is 50.6 Å². The lowest BCUT2D eigenvalue weighted by Crippen LogP contribution is -2.61. The Morgan fingerprint density at radius 3 is 2.48 bits per heavy atom. The third-order valence-electron chi connectivity index (χ3n) is 10.9. The zero-order valence-electron chi connectivity index (χ0n) is 20.1. The molecule has 1 aliphatic heterocycles. The topological polar surface area (TPSA) is 20.3 Å². The summed E-state index contributed by atoms with van der Waals surface area (Å²) in [6.07, 6.45) is 15.7. The second-order valence-corrected chi connectivity index (χ2v) is 12.0. The lowest BCUT2D eigenvalue weighted by Gasteiger charge is -2.62. The number of rotatable bonds is 5. The van der Waals surface area contributed by atoms with Gasteiger partial charge in [-0.3, -0.25) is 4.79 Å². The van der Waals surface area contributed by atoms with E-state index in [1.165, 1.54) is 69.8 Å². The number of carbonyl (C=O) groups is 1. The second kappa shape index (κ2) is 8.23. The molecule has 7 atom stereocenters. The van der Waals surface area contributed by atoms with Crippen molar-refractivity contribution in [2.75, 3.05) is 7.05 Å². The predicted octanol–water partition coefficient (Wildman–Crippen LogP) is 6.88. The molecule has 0 radical (unpaired) electrons. The smallest absolute Gasteiger partial charge is 0.222 e. The van der Waals surface area contributed by atoms with Crippen LogP contribution in [0.5, 0.6) is 0 Å². The largest absolute Gasteiger partial charge is 0.342 e. The Balaban J connectivity index is 1.23. The van der Waals surface area contributed by atoms with Gasteiger partial charge in [0, 0.05) is 19.5 Å². The van der Waals surface area contributed by atoms with Crippen LogP contribution in [0.4, 0.5) is 0 Å². The van der Waals surface area contributed by atoms with Crippen molar-refractivity contribution in [3.8, 4) is 0 Å². The van der Waals surface area contributed by atoms with Gasteiger partial charge in [0.15, 0.2) is 0 Å². The Hall–Kier alpha value is -1.31. The highest BCUT2D eigenvalue weighted by atomic mass is 16.2. The van der Waals surface area contributed by atoms with Crippen LogP contribution in [0.15, 0.2) is 30.3 Å². The normalized spacial score (nSPS) is 42.1. The van der Waals surface area contributed by atoms with Crippen molar-refractivity contribution in [2.24, 2.45) is 34.5 Å². The van der Waals surface area contributed by atoms with E-state index in [1.807, 2.05) is 0 Å². The lowest BCUT2D eigenvalue weighted by molar-refractivity contribution is -0.158. The van der Waals surface area contributed by atoms with Gasteiger partial charge >= 0.3 is 0 Å². The van der Waals surface area contributed by atoms with Gasteiger partial charge in [-0.05, 0) is 104 Å². The number of amides is 1. The first-order valence-corrected chi connectivity index (χ1v) is 13.2. The maximum Gasteiger partial charge on any atom is 0.222 e. The van der Waals surface area contributed by atoms with Gasteiger partial charge in [0.1, 0.15) is 0 Å². The monoisotopic (exact) mass is 421 g/mol. The van der Waals surface area contributed by atoms with E-state index in [0.29, 0.717) is 22.8 Å². The molecule has 1 amide bonds. The lowest BCUT2D eigenvalue weighted by atomic mass is 9.46. The van der Waals surface area contributed by atoms with Crippen LogP contribution in [0, 0.1) is 34.5 Å². The van der Waals surface area contributed by atoms with E-state index in [9.17, 15) is 4.79 Å². The molecule has 1 saturated heterocycles. The number of carbonyl (C=O) groups excluding carboxylic acids is 1. The van der Waals surface area contributed by atoms with Crippen LogP contribution in [0.25, 0.3) is 0 Å². The Kier molecular flexibility index (Phi) is 5.72. The molecule has 6 unspecified atom stereocenters. The molecule has 3 aliphatic carbocycles. The summed E-state index contributed by atoms with van der Waals surface area (Å²) >= 11 is 0. The van der Waals surface area contributed by atoms with E-state index >= 15 is 0 Å². The SMILES string of the molecule is CN1C(=O)CCC2(C)C3CCC4(C)C(CCCCc5ccccc5)CCC4C3CC[C@@H]12. The van der Waals surface area contributed by atoms with E-state index in [4.69, 9.17) is 0 Å². The number of nitrogens with zero attached hydrogens (tertiary/aromatic N) is 1. The Morgan fingerprint density at radius 1 is 0.903 bits per heavy atom. The first kappa shape index (κ1) is 21.5. The summed E-state index contributed by atoms with van der Waals surface area (Å²) in [7, 11) is 2.08. The molecule has 2 heteroatoms. The molecular weight excluding hydrogens is 378 g/mol. The fraction of sp³-hybridized carbons (Fsp3) is 0.759. The minimum absolute atomic E-state index is 0.362. The van der Waals surface area contributed by atoms with Crippen molar-refractivity contribution < 1.29 is 4.79 Å². The van der Waals surface area contributed by atoms with Gasteiger partial charge < -0.3 is 4.90 Å². The standard InChI is InChI=1S/C29H43NO/c1-28-19-17-25-23(14-16-26-29(25,2)20-18-27(31)30(26)3)24(28)15-13-22(28)12-8-7-11-21-9-5-4-6-10-21/h4-6,9-10,22-26H,7-8,11-20H2,1-3H3/t22?,23?,24?,25?,26-,28?,29?/m1/s1. The fourth-order valence-corrected chi connectivity index (χ4v) is 9.10. The number of fused-ring (bicyclic) bond motifs is 5. The first-order chi connectivity index (χ1) is 14.9. The third kappa shape index (κ3) is 3.57. The van der Waals surface area contributed by atoms with Crippen molar-refractivity contribution in [2.45, 2.75) is 96.9 Å². The molecule has 5 rings (SSSR count). The van der Waals surface area contributed by atoms with Gasteiger partial charge in [-0.2, -0.15) is 0 Å². The number of piperidine rings is 1. The molecule has 1 heterocycles. The minimum Gasteiger partial charge on any atom is -0.342 e. The zero-order valence-corrected chi connectivity index (χ0v) is 20.1. The number of benzene rings is 1. The second-order valence-electron chi connectivity index (χ2n) is 12.0. The molecule has 2 nitrogen and oxygen atoms in total. The van der Waals surface area contributed by atoms with Gasteiger partial charge in [0.2, 0.25) is 5.91 Å². The molecule has 0 aromatic heterocycles.